The third-order valence-electron chi connectivity index (χ3n) is 4.95. The van der Waals surface area contributed by atoms with E-state index in [-0.39, 0.29) is 6.04 Å². The maximum Gasteiger partial charge on any atom is 0.167 e. The second-order valence-electron chi connectivity index (χ2n) is 6.52. The van der Waals surface area contributed by atoms with Crippen molar-refractivity contribution in [2.75, 3.05) is 11.9 Å². The Bertz CT molecular complexity index is 755. The van der Waals surface area contributed by atoms with Crippen molar-refractivity contribution in [3.8, 4) is 0 Å². The third-order valence-corrected chi connectivity index (χ3v) is 4.95. The Morgan fingerprint density at radius 1 is 1.16 bits per heavy atom. The summed E-state index contributed by atoms with van der Waals surface area (Å²) in [6.07, 6.45) is 0.768. The normalized spacial score (nSPS) is 35.5. The van der Waals surface area contributed by atoms with Gasteiger partial charge in [-0.3, -0.25) is 4.57 Å². The fraction of sp³-hybridized carbons (Fsp3) is 0.667. The van der Waals surface area contributed by atoms with Crippen LogP contribution in [0.25, 0.3) is 11.2 Å². The minimum absolute atomic E-state index is 0.0860. The first-order valence-corrected chi connectivity index (χ1v) is 8.34. The molecule has 6 atom stereocenters. The molecule has 2 fully saturated rings. The molecule has 10 nitrogen and oxygen atoms in total. The summed E-state index contributed by atoms with van der Waals surface area (Å²) in [5.41, 5.74) is 0.916. The van der Waals surface area contributed by atoms with Crippen molar-refractivity contribution >= 4 is 17.0 Å². The van der Waals surface area contributed by atoms with Gasteiger partial charge in [-0.25, -0.2) is 15.0 Å². The molecule has 0 amide bonds. The maximum absolute atomic E-state index is 10.2. The SMILES string of the molecule is OCC1OC(n2cnc3c(NC4CCC[C@H]4O)ncnc32)[C@H](O)[C@@H]1O. The summed E-state index contributed by atoms with van der Waals surface area (Å²) in [6, 6.07) is -0.0860. The van der Waals surface area contributed by atoms with Gasteiger partial charge in [0.1, 0.15) is 24.6 Å². The number of aliphatic hydroxyl groups is 4. The first-order chi connectivity index (χ1) is 12.1. The standard InChI is InChI=1S/C15H21N5O5/c21-4-9-11(23)12(24)15(25-9)20-6-18-10-13(16-5-17-14(10)20)19-7-2-1-3-8(7)22/h5-9,11-12,15,21-24H,1-4H2,(H,16,17,19)/t7?,8-,9?,11-,12-,15?/m1/s1. The van der Waals surface area contributed by atoms with Crippen LogP contribution in [0.15, 0.2) is 12.7 Å². The molecule has 136 valence electrons. The fourth-order valence-corrected chi connectivity index (χ4v) is 3.54. The van der Waals surface area contributed by atoms with Crippen molar-refractivity contribution in [2.45, 2.75) is 55.9 Å². The van der Waals surface area contributed by atoms with Gasteiger partial charge in [-0.2, -0.15) is 0 Å². The first kappa shape index (κ1) is 16.6. The summed E-state index contributed by atoms with van der Waals surface area (Å²) >= 11 is 0. The number of nitrogens with one attached hydrogen (secondary N) is 1. The van der Waals surface area contributed by atoms with E-state index in [9.17, 15) is 20.4 Å². The lowest BCUT2D eigenvalue weighted by Gasteiger charge is -2.18. The molecule has 1 saturated carbocycles. The number of hydrogen-bond donors (Lipinski definition) is 5. The topological polar surface area (TPSA) is 146 Å². The van der Waals surface area contributed by atoms with Gasteiger partial charge in [0.25, 0.3) is 0 Å². The van der Waals surface area contributed by atoms with Gasteiger partial charge in [-0.1, -0.05) is 0 Å². The number of aromatic nitrogens is 4. The van der Waals surface area contributed by atoms with E-state index in [1.165, 1.54) is 17.2 Å². The highest BCUT2D eigenvalue weighted by molar-refractivity contribution is 5.82. The number of hydrogen-bond acceptors (Lipinski definition) is 9. The molecule has 2 aliphatic rings. The van der Waals surface area contributed by atoms with Crippen LogP contribution in [0.4, 0.5) is 5.82 Å². The van der Waals surface area contributed by atoms with E-state index in [1.807, 2.05) is 0 Å². The van der Waals surface area contributed by atoms with E-state index < -0.39 is 37.3 Å². The van der Waals surface area contributed by atoms with Gasteiger partial charge in [-0.05, 0) is 19.3 Å². The molecule has 2 aromatic heterocycles. The lowest BCUT2D eigenvalue weighted by molar-refractivity contribution is -0.0511. The largest absolute Gasteiger partial charge is 0.394 e. The minimum Gasteiger partial charge on any atom is -0.394 e. The highest BCUT2D eigenvalue weighted by Crippen LogP contribution is 2.32. The smallest absolute Gasteiger partial charge is 0.167 e. The summed E-state index contributed by atoms with van der Waals surface area (Å²) in [6.45, 7) is -0.400. The van der Waals surface area contributed by atoms with Crippen LogP contribution in [0.3, 0.4) is 0 Å². The zero-order chi connectivity index (χ0) is 17.6. The summed E-state index contributed by atoms with van der Waals surface area (Å²) in [7, 11) is 0. The summed E-state index contributed by atoms with van der Waals surface area (Å²) in [5.74, 6) is 0.501. The lowest BCUT2D eigenvalue weighted by atomic mass is 10.1. The molecule has 1 aliphatic carbocycles. The monoisotopic (exact) mass is 351 g/mol. The highest BCUT2D eigenvalue weighted by Gasteiger charge is 2.44. The summed E-state index contributed by atoms with van der Waals surface area (Å²) in [4.78, 5) is 12.7. The van der Waals surface area contributed by atoms with Crippen LogP contribution in [-0.2, 0) is 4.74 Å². The van der Waals surface area contributed by atoms with Crippen molar-refractivity contribution in [3.63, 3.8) is 0 Å². The van der Waals surface area contributed by atoms with Crippen LogP contribution >= 0.6 is 0 Å². The zero-order valence-corrected chi connectivity index (χ0v) is 13.4. The molecule has 25 heavy (non-hydrogen) atoms. The Hall–Kier alpha value is -1.85. The predicted octanol–water partition coefficient (Wildman–Crippen LogP) is -1.24. The number of imidazole rings is 1. The number of anilines is 1. The van der Waals surface area contributed by atoms with Crippen molar-refractivity contribution < 1.29 is 25.2 Å². The van der Waals surface area contributed by atoms with E-state index in [0.717, 1.165) is 19.3 Å². The molecule has 1 saturated heterocycles. The number of rotatable bonds is 4. The highest BCUT2D eigenvalue weighted by atomic mass is 16.6. The van der Waals surface area contributed by atoms with E-state index >= 15 is 0 Å². The average Bonchev–Trinajstić information content (AvgIpc) is 3.29. The van der Waals surface area contributed by atoms with Crippen LogP contribution in [0.2, 0.25) is 0 Å². The number of nitrogens with zero attached hydrogens (tertiary/aromatic N) is 4. The van der Waals surface area contributed by atoms with E-state index in [0.29, 0.717) is 17.0 Å². The van der Waals surface area contributed by atoms with Crippen LogP contribution < -0.4 is 5.32 Å². The van der Waals surface area contributed by atoms with E-state index in [4.69, 9.17) is 4.74 Å². The molecule has 5 N–H and O–H groups in total. The molecule has 10 heteroatoms. The third kappa shape index (κ3) is 2.75. The quantitative estimate of drug-likeness (QED) is 0.456. The van der Waals surface area contributed by atoms with Gasteiger partial charge in [0, 0.05) is 0 Å². The summed E-state index contributed by atoms with van der Waals surface area (Å²) in [5, 5.41) is 42.6. The second kappa shape index (κ2) is 6.46. The Kier molecular flexibility index (Phi) is 4.29. The van der Waals surface area contributed by atoms with Crippen molar-refractivity contribution in [2.24, 2.45) is 0 Å². The Morgan fingerprint density at radius 2 is 2.00 bits per heavy atom. The van der Waals surface area contributed by atoms with Crippen LogP contribution in [-0.4, -0.2) is 77.0 Å². The Morgan fingerprint density at radius 3 is 2.68 bits per heavy atom. The van der Waals surface area contributed by atoms with Crippen LogP contribution in [0.1, 0.15) is 25.5 Å². The number of aliphatic hydroxyl groups excluding tert-OH is 4. The van der Waals surface area contributed by atoms with E-state index in [2.05, 4.69) is 20.3 Å². The molecule has 0 spiro atoms. The van der Waals surface area contributed by atoms with Crippen LogP contribution in [0.5, 0.6) is 0 Å². The van der Waals surface area contributed by atoms with Crippen LogP contribution in [0, 0.1) is 0 Å². The number of ether oxygens (including phenoxy) is 1. The average molecular weight is 351 g/mol. The molecule has 2 aromatic rings. The van der Waals surface area contributed by atoms with Gasteiger partial charge >= 0.3 is 0 Å². The molecule has 4 rings (SSSR count). The zero-order valence-electron chi connectivity index (χ0n) is 13.4. The molecule has 1 aliphatic heterocycles. The van der Waals surface area contributed by atoms with Gasteiger partial charge in [0.15, 0.2) is 23.2 Å². The lowest BCUT2D eigenvalue weighted by Crippen LogP contribution is -2.33. The molecule has 0 radical (unpaired) electrons. The molecule has 0 aromatic carbocycles. The van der Waals surface area contributed by atoms with Gasteiger partial charge in [0.05, 0.1) is 25.1 Å². The van der Waals surface area contributed by atoms with Crippen molar-refractivity contribution in [1.82, 2.24) is 19.5 Å². The molecule has 0 bridgehead atoms. The van der Waals surface area contributed by atoms with Crippen molar-refractivity contribution in [1.29, 1.82) is 0 Å². The Labute approximate surface area is 143 Å². The van der Waals surface area contributed by atoms with Gasteiger partial charge in [0.2, 0.25) is 0 Å². The van der Waals surface area contributed by atoms with E-state index in [1.54, 1.807) is 0 Å². The molecular formula is C15H21N5O5. The first-order valence-electron chi connectivity index (χ1n) is 8.34. The van der Waals surface area contributed by atoms with Crippen molar-refractivity contribution in [3.05, 3.63) is 12.7 Å². The minimum atomic E-state index is -1.21. The maximum atomic E-state index is 10.2. The Balaban J connectivity index is 1.65. The predicted molar refractivity (Wildman–Crippen MR) is 85.6 cm³/mol. The van der Waals surface area contributed by atoms with Gasteiger partial charge < -0.3 is 30.5 Å². The van der Waals surface area contributed by atoms with Gasteiger partial charge in [-0.15, -0.1) is 0 Å². The number of fused-ring (bicyclic) bond motifs is 1. The summed E-state index contributed by atoms with van der Waals surface area (Å²) < 4.78 is 7.04. The molecule has 3 heterocycles. The fourth-order valence-electron chi connectivity index (χ4n) is 3.54. The molecular weight excluding hydrogens is 330 g/mol. The molecule has 3 unspecified atom stereocenters. The second-order valence-corrected chi connectivity index (χ2v) is 6.52.